The lowest BCUT2D eigenvalue weighted by molar-refractivity contribution is -0.161. The number of aliphatic hydroxyl groups excluding tert-OH is 1. The Bertz CT molecular complexity index is 1720. The van der Waals surface area contributed by atoms with Crippen molar-refractivity contribution in [3.05, 3.63) is 0 Å². The van der Waals surface area contributed by atoms with Gasteiger partial charge < -0.3 is 33.8 Å². The van der Waals surface area contributed by atoms with Crippen LogP contribution in [0, 0.1) is 17.8 Å². The van der Waals surface area contributed by atoms with Gasteiger partial charge in [-0.3, -0.25) is 37.3 Å². The summed E-state index contributed by atoms with van der Waals surface area (Å²) in [5.74, 6) is 0.149. The second-order valence-electron chi connectivity index (χ2n) is 25.8. The Morgan fingerprint density at radius 1 is 0.333 bits per heavy atom. The maximum Gasteiger partial charge on any atom is 0.472 e. The first-order valence-corrected chi connectivity index (χ1v) is 38.4. The van der Waals surface area contributed by atoms with Crippen molar-refractivity contribution in [1.82, 2.24) is 0 Å². The molecule has 0 aliphatic carbocycles. The van der Waals surface area contributed by atoms with Crippen molar-refractivity contribution < 1.29 is 80.2 Å². The Kier molecular flexibility index (Phi) is 57.8. The summed E-state index contributed by atoms with van der Waals surface area (Å²) >= 11 is 0. The maximum atomic E-state index is 13.0. The van der Waals surface area contributed by atoms with Crippen LogP contribution < -0.4 is 0 Å². The molecule has 0 aliphatic rings. The van der Waals surface area contributed by atoms with Crippen molar-refractivity contribution in [1.29, 1.82) is 0 Å². The molecular formula is C68H132O17P2. The van der Waals surface area contributed by atoms with Crippen molar-refractivity contribution in [2.24, 2.45) is 17.8 Å². The van der Waals surface area contributed by atoms with Gasteiger partial charge in [0.05, 0.1) is 26.4 Å². The Morgan fingerprint density at radius 3 is 0.874 bits per heavy atom. The van der Waals surface area contributed by atoms with E-state index < -0.39 is 97.5 Å². The highest BCUT2D eigenvalue weighted by Gasteiger charge is 2.30. The summed E-state index contributed by atoms with van der Waals surface area (Å²) in [6, 6.07) is 0. The van der Waals surface area contributed by atoms with Gasteiger partial charge in [0.1, 0.15) is 19.3 Å². The SMILES string of the molecule is CCCCCCCCCCCC(=O)OC[C@H](COP(=O)(O)OC[C@H](O)COP(=O)(O)OC[C@@H](COC(=O)CCCCCCCCCCCCC(C)C)OC(=O)CCCCCCCCCCCCC(C)C)OC(=O)CCCCCCCCCCC(C)CC. The smallest absolute Gasteiger partial charge is 0.462 e. The van der Waals surface area contributed by atoms with Crippen LogP contribution in [-0.4, -0.2) is 96.7 Å². The average Bonchev–Trinajstić information content (AvgIpc) is 3.67. The first-order valence-electron chi connectivity index (χ1n) is 35.4. The normalized spacial score (nSPS) is 14.6. The number of rotatable bonds is 66. The van der Waals surface area contributed by atoms with E-state index in [0.29, 0.717) is 25.7 Å². The highest BCUT2D eigenvalue weighted by molar-refractivity contribution is 7.47. The molecule has 0 rings (SSSR count). The van der Waals surface area contributed by atoms with Crippen LogP contribution in [-0.2, 0) is 65.4 Å². The summed E-state index contributed by atoms with van der Waals surface area (Å²) in [6.07, 6.45) is 41.6. The van der Waals surface area contributed by atoms with Crippen LogP contribution in [0.5, 0.6) is 0 Å². The van der Waals surface area contributed by atoms with Gasteiger partial charge in [0.25, 0.3) is 0 Å². The van der Waals surface area contributed by atoms with E-state index in [1.54, 1.807) is 0 Å². The van der Waals surface area contributed by atoms with Crippen LogP contribution in [0.15, 0.2) is 0 Å². The van der Waals surface area contributed by atoms with Gasteiger partial charge >= 0.3 is 39.5 Å². The molecule has 0 aromatic carbocycles. The maximum absolute atomic E-state index is 13.0. The molecule has 87 heavy (non-hydrogen) atoms. The van der Waals surface area contributed by atoms with Crippen LogP contribution in [0.4, 0.5) is 0 Å². The fourth-order valence-corrected chi connectivity index (χ4v) is 11.7. The highest BCUT2D eigenvalue weighted by Crippen LogP contribution is 2.45. The minimum Gasteiger partial charge on any atom is -0.462 e. The number of phosphoric acid groups is 2. The number of carbonyl (C=O) groups excluding carboxylic acids is 4. The molecule has 3 unspecified atom stereocenters. The van der Waals surface area contributed by atoms with Gasteiger partial charge in [0, 0.05) is 25.7 Å². The van der Waals surface area contributed by atoms with Crippen molar-refractivity contribution >= 4 is 39.5 Å². The van der Waals surface area contributed by atoms with Crippen LogP contribution in [0.25, 0.3) is 0 Å². The van der Waals surface area contributed by atoms with E-state index in [1.165, 1.54) is 148 Å². The second kappa shape index (κ2) is 59.1. The summed E-state index contributed by atoms with van der Waals surface area (Å²) in [5.41, 5.74) is 0. The zero-order valence-electron chi connectivity index (χ0n) is 56.5. The minimum absolute atomic E-state index is 0.105. The van der Waals surface area contributed by atoms with E-state index in [4.69, 9.17) is 37.0 Å². The topological polar surface area (TPSA) is 237 Å². The van der Waals surface area contributed by atoms with Gasteiger partial charge in [-0.15, -0.1) is 0 Å². The fourth-order valence-electron chi connectivity index (χ4n) is 10.2. The summed E-state index contributed by atoms with van der Waals surface area (Å²) < 4.78 is 68.2. The number of unbranched alkanes of at least 4 members (excludes halogenated alkanes) is 33. The Balaban J connectivity index is 5.26. The van der Waals surface area contributed by atoms with Gasteiger partial charge in [-0.1, -0.05) is 286 Å². The predicted octanol–water partition coefficient (Wildman–Crippen LogP) is 19.1. The van der Waals surface area contributed by atoms with Crippen LogP contribution in [0.3, 0.4) is 0 Å². The molecule has 17 nitrogen and oxygen atoms in total. The van der Waals surface area contributed by atoms with E-state index in [1.807, 2.05) is 0 Å². The third-order valence-corrected chi connectivity index (χ3v) is 17.9. The van der Waals surface area contributed by atoms with E-state index in [-0.39, 0.29) is 25.7 Å². The van der Waals surface area contributed by atoms with E-state index in [0.717, 1.165) is 108 Å². The first kappa shape index (κ1) is 85.1. The van der Waals surface area contributed by atoms with Crippen molar-refractivity contribution in [2.75, 3.05) is 39.6 Å². The molecule has 3 N–H and O–H groups in total. The largest absolute Gasteiger partial charge is 0.472 e. The van der Waals surface area contributed by atoms with Gasteiger partial charge in [-0.25, -0.2) is 9.13 Å². The Labute approximate surface area is 530 Å². The number of phosphoric ester groups is 2. The van der Waals surface area contributed by atoms with E-state index in [2.05, 4.69) is 48.5 Å². The van der Waals surface area contributed by atoms with Crippen molar-refractivity contribution in [2.45, 2.75) is 356 Å². The number of hydrogen-bond acceptors (Lipinski definition) is 15. The lowest BCUT2D eigenvalue weighted by Crippen LogP contribution is -2.30. The van der Waals surface area contributed by atoms with Gasteiger partial charge in [-0.2, -0.15) is 0 Å². The Morgan fingerprint density at radius 2 is 0.586 bits per heavy atom. The first-order chi connectivity index (χ1) is 41.8. The number of hydrogen-bond donors (Lipinski definition) is 3. The van der Waals surface area contributed by atoms with Crippen LogP contribution >= 0.6 is 15.6 Å². The molecule has 19 heteroatoms. The summed E-state index contributed by atoms with van der Waals surface area (Å²) in [7, 11) is -9.90. The van der Waals surface area contributed by atoms with E-state index >= 15 is 0 Å². The summed E-state index contributed by atoms with van der Waals surface area (Å²) in [6.45, 7) is 11.8. The highest BCUT2D eigenvalue weighted by atomic mass is 31.2. The summed E-state index contributed by atoms with van der Waals surface area (Å²) in [4.78, 5) is 72.4. The van der Waals surface area contributed by atoms with Crippen LogP contribution in [0.2, 0.25) is 0 Å². The summed E-state index contributed by atoms with van der Waals surface area (Å²) in [5, 5.41) is 10.6. The average molecular weight is 1280 g/mol. The molecule has 0 aliphatic heterocycles. The number of aliphatic hydroxyl groups is 1. The minimum atomic E-state index is -4.95. The lowest BCUT2D eigenvalue weighted by Gasteiger charge is -2.21. The predicted molar refractivity (Wildman–Crippen MR) is 349 cm³/mol. The molecule has 0 fully saturated rings. The van der Waals surface area contributed by atoms with Gasteiger partial charge in [-0.05, 0) is 43.4 Å². The number of carbonyl (C=O) groups is 4. The molecule has 0 saturated heterocycles. The second-order valence-corrected chi connectivity index (χ2v) is 28.7. The quantitative estimate of drug-likeness (QED) is 0.0222. The van der Waals surface area contributed by atoms with Gasteiger partial charge in [0.2, 0.25) is 0 Å². The molecule has 0 bridgehead atoms. The molecule has 0 aromatic rings. The zero-order chi connectivity index (χ0) is 64.5. The number of ether oxygens (including phenoxy) is 4. The molecule has 0 aromatic heterocycles. The van der Waals surface area contributed by atoms with Crippen molar-refractivity contribution in [3.8, 4) is 0 Å². The van der Waals surface area contributed by atoms with Gasteiger partial charge in [0.15, 0.2) is 12.2 Å². The Hall–Kier alpha value is -1.94. The molecule has 0 spiro atoms. The molecule has 0 heterocycles. The lowest BCUT2D eigenvalue weighted by atomic mass is 9.99. The molecule has 0 saturated carbocycles. The van der Waals surface area contributed by atoms with Crippen LogP contribution in [0.1, 0.15) is 337 Å². The molecule has 516 valence electrons. The van der Waals surface area contributed by atoms with E-state index in [9.17, 15) is 43.2 Å². The number of esters is 4. The molecule has 0 amide bonds. The third kappa shape index (κ3) is 61.3. The molecule has 0 radical (unpaired) electrons. The zero-order valence-corrected chi connectivity index (χ0v) is 58.3. The standard InChI is InChI=1S/C68H132O17P2/c1-8-10-11-12-13-18-28-35-42-49-65(70)78-55-64(85-68(73)52-45-38-31-24-23-27-34-41-48-61(7)9-2)58-83-87(76,77)81-54-62(69)53-80-86(74,75)82-57-63(84-67(72)51-44-37-30-22-17-15-20-26-33-40-47-60(5)6)56-79-66(71)50-43-36-29-21-16-14-19-25-32-39-46-59(3)4/h59-64,69H,8-58H2,1-7H3,(H,74,75)(H,76,77)/t61?,62-,63-,64-/m1/s1. The fraction of sp³-hybridized carbons (Fsp3) is 0.941. The molecular weight excluding hydrogens is 1150 g/mol. The molecule has 6 atom stereocenters. The van der Waals surface area contributed by atoms with Crippen molar-refractivity contribution in [3.63, 3.8) is 0 Å². The monoisotopic (exact) mass is 1280 g/mol. The third-order valence-electron chi connectivity index (χ3n) is 16.0.